The van der Waals surface area contributed by atoms with Crippen LogP contribution in [-0.2, 0) is 4.79 Å². The summed E-state index contributed by atoms with van der Waals surface area (Å²) in [6.07, 6.45) is 3.09. The van der Waals surface area contributed by atoms with Gasteiger partial charge in [0.05, 0.1) is 10.2 Å². The third-order valence-corrected chi connectivity index (χ3v) is 3.80. The number of thiazole rings is 1. The van der Waals surface area contributed by atoms with Crippen molar-refractivity contribution in [3.63, 3.8) is 0 Å². The van der Waals surface area contributed by atoms with Crippen LogP contribution in [0, 0.1) is 5.82 Å². The lowest BCUT2D eigenvalue weighted by atomic mass is 10.3. The fourth-order valence-corrected chi connectivity index (χ4v) is 2.70. The number of halogens is 1. The van der Waals surface area contributed by atoms with Crippen molar-refractivity contribution in [3.8, 4) is 0 Å². The summed E-state index contributed by atoms with van der Waals surface area (Å²) in [5.41, 5.74) is 1.47. The number of para-hydroxylation sites is 1. The summed E-state index contributed by atoms with van der Waals surface area (Å²) in [6.45, 7) is 0. The zero-order valence-electron chi connectivity index (χ0n) is 10.9. The van der Waals surface area contributed by atoms with Gasteiger partial charge in [-0.05, 0) is 42.5 Å². The first-order valence-corrected chi connectivity index (χ1v) is 7.12. The van der Waals surface area contributed by atoms with Crippen LogP contribution in [0.25, 0.3) is 16.3 Å². The Hall–Kier alpha value is -2.53. The Balaban J connectivity index is 1.70. The molecule has 0 radical (unpaired) electrons. The van der Waals surface area contributed by atoms with E-state index in [1.54, 1.807) is 6.08 Å². The van der Waals surface area contributed by atoms with Crippen LogP contribution in [0.4, 0.5) is 10.1 Å². The van der Waals surface area contributed by atoms with Crippen LogP contribution >= 0.6 is 11.3 Å². The van der Waals surface area contributed by atoms with Crippen molar-refractivity contribution in [3.05, 3.63) is 65.4 Å². The predicted octanol–water partition coefficient (Wildman–Crippen LogP) is 4.09. The average Bonchev–Trinajstić information content (AvgIpc) is 2.90. The molecule has 5 heteroatoms. The molecule has 0 saturated carbocycles. The van der Waals surface area contributed by atoms with Gasteiger partial charge in [0.1, 0.15) is 10.8 Å². The van der Waals surface area contributed by atoms with Crippen LogP contribution in [0.1, 0.15) is 5.01 Å². The normalized spacial score (nSPS) is 11.1. The molecule has 3 nitrogen and oxygen atoms in total. The summed E-state index contributed by atoms with van der Waals surface area (Å²) in [7, 11) is 0. The van der Waals surface area contributed by atoms with Crippen LogP contribution in [0.15, 0.2) is 54.6 Å². The number of hydrogen-bond acceptors (Lipinski definition) is 3. The number of nitrogens with zero attached hydrogens (tertiary/aromatic N) is 1. The van der Waals surface area contributed by atoms with Gasteiger partial charge in [0.15, 0.2) is 0 Å². The number of aromatic nitrogens is 1. The van der Waals surface area contributed by atoms with Crippen LogP contribution in [-0.4, -0.2) is 10.9 Å². The van der Waals surface area contributed by atoms with E-state index in [1.807, 2.05) is 24.3 Å². The molecule has 0 unspecified atom stereocenters. The van der Waals surface area contributed by atoms with E-state index in [1.165, 1.54) is 41.7 Å². The highest BCUT2D eigenvalue weighted by molar-refractivity contribution is 7.19. The molecule has 0 aliphatic carbocycles. The molecule has 1 N–H and O–H groups in total. The molecule has 0 bridgehead atoms. The highest BCUT2D eigenvalue weighted by Crippen LogP contribution is 2.22. The van der Waals surface area contributed by atoms with Gasteiger partial charge in [-0.1, -0.05) is 12.1 Å². The molecule has 3 rings (SSSR count). The molecule has 104 valence electrons. The van der Waals surface area contributed by atoms with Gasteiger partial charge < -0.3 is 5.32 Å². The Morgan fingerprint density at radius 3 is 2.67 bits per heavy atom. The minimum absolute atomic E-state index is 0.277. The number of carbonyl (C=O) groups excluding carboxylic acids is 1. The van der Waals surface area contributed by atoms with Gasteiger partial charge in [-0.25, -0.2) is 9.37 Å². The number of benzene rings is 2. The molecule has 2 aromatic carbocycles. The van der Waals surface area contributed by atoms with Crippen molar-refractivity contribution in [1.82, 2.24) is 4.98 Å². The molecule has 0 atom stereocenters. The van der Waals surface area contributed by atoms with E-state index in [9.17, 15) is 9.18 Å². The summed E-state index contributed by atoms with van der Waals surface area (Å²) in [4.78, 5) is 16.2. The first kappa shape index (κ1) is 13.5. The number of carbonyl (C=O) groups is 1. The summed E-state index contributed by atoms with van der Waals surface area (Å²) in [5.74, 6) is -0.612. The Kier molecular flexibility index (Phi) is 3.75. The smallest absolute Gasteiger partial charge is 0.248 e. The number of amides is 1. The maximum atomic E-state index is 12.8. The van der Waals surface area contributed by atoms with Crippen LogP contribution in [0.2, 0.25) is 0 Å². The molecule has 1 heterocycles. The van der Waals surface area contributed by atoms with E-state index in [4.69, 9.17) is 0 Å². The number of hydrogen-bond donors (Lipinski definition) is 1. The fourth-order valence-electron chi connectivity index (χ4n) is 1.83. The third-order valence-electron chi connectivity index (χ3n) is 2.80. The molecule has 0 saturated heterocycles. The van der Waals surface area contributed by atoms with Crippen LogP contribution < -0.4 is 5.32 Å². The lowest BCUT2D eigenvalue weighted by Gasteiger charge is -2.00. The second-order valence-corrected chi connectivity index (χ2v) is 5.41. The summed E-state index contributed by atoms with van der Waals surface area (Å²) in [6, 6.07) is 13.4. The van der Waals surface area contributed by atoms with Crippen molar-refractivity contribution in [2.75, 3.05) is 5.32 Å². The first-order valence-electron chi connectivity index (χ1n) is 6.31. The first-order chi connectivity index (χ1) is 10.2. The SMILES string of the molecule is O=C(/C=C/c1nc2ccccc2s1)Nc1ccc(F)cc1. The molecular weight excluding hydrogens is 287 g/mol. The quantitative estimate of drug-likeness (QED) is 0.740. The highest BCUT2D eigenvalue weighted by Gasteiger charge is 2.01. The molecule has 3 aromatic rings. The fraction of sp³-hybridized carbons (Fsp3) is 0. The molecule has 1 aromatic heterocycles. The molecule has 21 heavy (non-hydrogen) atoms. The van der Waals surface area contributed by atoms with E-state index >= 15 is 0 Å². The Morgan fingerprint density at radius 1 is 1.14 bits per heavy atom. The number of fused-ring (bicyclic) bond motifs is 1. The van der Waals surface area contributed by atoms with Gasteiger partial charge >= 0.3 is 0 Å². The Bertz CT molecular complexity index is 776. The largest absolute Gasteiger partial charge is 0.323 e. The minimum atomic E-state index is -0.335. The van der Waals surface area contributed by atoms with Crippen molar-refractivity contribution in [2.45, 2.75) is 0 Å². The Labute approximate surface area is 124 Å². The summed E-state index contributed by atoms with van der Waals surface area (Å²) < 4.78 is 13.8. The van der Waals surface area contributed by atoms with Crippen molar-refractivity contribution >= 4 is 39.2 Å². The Morgan fingerprint density at radius 2 is 1.90 bits per heavy atom. The van der Waals surface area contributed by atoms with Crippen molar-refractivity contribution in [1.29, 1.82) is 0 Å². The number of anilines is 1. The summed E-state index contributed by atoms with van der Waals surface area (Å²) in [5, 5.41) is 3.43. The second-order valence-electron chi connectivity index (χ2n) is 4.35. The molecule has 1 amide bonds. The number of nitrogens with one attached hydrogen (secondary N) is 1. The van der Waals surface area contributed by atoms with Gasteiger partial charge in [0.2, 0.25) is 5.91 Å². The monoisotopic (exact) mass is 298 g/mol. The lowest BCUT2D eigenvalue weighted by Crippen LogP contribution is -2.07. The zero-order chi connectivity index (χ0) is 14.7. The zero-order valence-corrected chi connectivity index (χ0v) is 11.7. The van der Waals surface area contributed by atoms with Gasteiger partial charge in [0.25, 0.3) is 0 Å². The van der Waals surface area contributed by atoms with Gasteiger partial charge in [0, 0.05) is 11.8 Å². The maximum Gasteiger partial charge on any atom is 0.248 e. The highest BCUT2D eigenvalue weighted by atomic mass is 32.1. The van der Waals surface area contributed by atoms with Crippen molar-refractivity contribution in [2.24, 2.45) is 0 Å². The molecule has 0 spiro atoms. The lowest BCUT2D eigenvalue weighted by molar-refractivity contribution is -0.111. The van der Waals surface area contributed by atoms with E-state index in [0.717, 1.165) is 15.2 Å². The molecule has 0 fully saturated rings. The average molecular weight is 298 g/mol. The second kappa shape index (κ2) is 5.85. The third kappa shape index (κ3) is 3.32. The van der Waals surface area contributed by atoms with Gasteiger partial charge in [-0.15, -0.1) is 11.3 Å². The summed E-state index contributed by atoms with van der Waals surface area (Å²) >= 11 is 1.52. The molecule has 0 aliphatic heterocycles. The van der Waals surface area contributed by atoms with E-state index in [2.05, 4.69) is 10.3 Å². The topological polar surface area (TPSA) is 42.0 Å². The van der Waals surface area contributed by atoms with Crippen LogP contribution in [0.5, 0.6) is 0 Å². The molecular formula is C16H11FN2OS. The standard InChI is InChI=1S/C16H11FN2OS/c17-11-5-7-12(8-6-11)18-15(20)9-10-16-19-13-3-1-2-4-14(13)21-16/h1-10H,(H,18,20)/b10-9+. The number of rotatable bonds is 3. The van der Waals surface area contributed by atoms with E-state index in [-0.39, 0.29) is 11.7 Å². The molecule has 0 aliphatic rings. The van der Waals surface area contributed by atoms with Crippen LogP contribution in [0.3, 0.4) is 0 Å². The van der Waals surface area contributed by atoms with E-state index < -0.39 is 0 Å². The van der Waals surface area contributed by atoms with Crippen molar-refractivity contribution < 1.29 is 9.18 Å². The minimum Gasteiger partial charge on any atom is -0.323 e. The predicted molar refractivity (Wildman–Crippen MR) is 83.7 cm³/mol. The maximum absolute atomic E-state index is 12.8. The van der Waals surface area contributed by atoms with E-state index in [0.29, 0.717) is 5.69 Å². The van der Waals surface area contributed by atoms with Gasteiger partial charge in [-0.3, -0.25) is 4.79 Å². The van der Waals surface area contributed by atoms with Gasteiger partial charge in [-0.2, -0.15) is 0 Å².